The summed E-state index contributed by atoms with van der Waals surface area (Å²) in [4.78, 5) is 10.7. The van der Waals surface area contributed by atoms with Crippen molar-refractivity contribution in [2.75, 3.05) is 18.6 Å². The van der Waals surface area contributed by atoms with E-state index in [-0.39, 0.29) is 11.5 Å². The van der Waals surface area contributed by atoms with Gasteiger partial charge in [-0.1, -0.05) is 0 Å². The summed E-state index contributed by atoms with van der Waals surface area (Å²) in [7, 11) is -2.98. The van der Waals surface area contributed by atoms with Crippen LogP contribution in [0, 0.1) is 6.92 Å². The molecule has 0 aliphatic carbocycles. The molecule has 0 atom stereocenters. The molecule has 96 valence electrons. The highest BCUT2D eigenvalue weighted by Gasteiger charge is 2.13. The van der Waals surface area contributed by atoms with Gasteiger partial charge in [0.05, 0.1) is 12.3 Å². The number of aromatic carboxylic acids is 1. The van der Waals surface area contributed by atoms with E-state index in [1.165, 1.54) is 0 Å². The molecule has 1 heterocycles. The second kappa shape index (κ2) is 5.33. The maximum absolute atomic E-state index is 10.8. The Hall–Kier alpha value is -1.34. The van der Waals surface area contributed by atoms with Gasteiger partial charge in [0.1, 0.15) is 15.6 Å². The van der Waals surface area contributed by atoms with Crippen molar-refractivity contribution in [1.82, 2.24) is 5.32 Å². The fourth-order valence-electron chi connectivity index (χ4n) is 1.32. The quantitative estimate of drug-likeness (QED) is 0.720. The molecule has 0 unspecified atom stereocenters. The third kappa shape index (κ3) is 4.58. The number of hydrogen-bond acceptors (Lipinski definition) is 5. The van der Waals surface area contributed by atoms with E-state index < -0.39 is 15.8 Å². The lowest BCUT2D eigenvalue weighted by atomic mass is 10.2. The lowest BCUT2D eigenvalue weighted by Gasteiger charge is -2.00. The molecule has 2 N–H and O–H groups in total. The SMILES string of the molecule is Cc1cc(CNCCS(C)(=O)=O)oc1C(=O)O. The lowest BCUT2D eigenvalue weighted by Crippen LogP contribution is -2.21. The first-order chi connectivity index (χ1) is 7.79. The Morgan fingerprint density at radius 2 is 2.18 bits per heavy atom. The summed E-state index contributed by atoms with van der Waals surface area (Å²) in [5.74, 6) is -0.665. The van der Waals surface area contributed by atoms with Crippen LogP contribution in [0.3, 0.4) is 0 Å². The molecule has 0 radical (unpaired) electrons. The summed E-state index contributed by atoms with van der Waals surface area (Å²) in [5, 5.41) is 11.6. The van der Waals surface area contributed by atoms with E-state index in [1.54, 1.807) is 13.0 Å². The summed E-state index contributed by atoms with van der Waals surface area (Å²) in [6, 6.07) is 1.62. The first-order valence-electron chi connectivity index (χ1n) is 5.00. The van der Waals surface area contributed by atoms with Gasteiger partial charge in [-0.2, -0.15) is 0 Å². The molecular weight excluding hydrogens is 246 g/mol. The second-order valence-electron chi connectivity index (χ2n) is 3.84. The number of hydrogen-bond donors (Lipinski definition) is 2. The van der Waals surface area contributed by atoms with Crippen molar-refractivity contribution in [2.24, 2.45) is 0 Å². The predicted molar refractivity (Wildman–Crippen MR) is 61.8 cm³/mol. The third-order valence-corrected chi connectivity index (χ3v) is 3.06. The molecule has 1 rings (SSSR count). The van der Waals surface area contributed by atoms with Crippen molar-refractivity contribution >= 4 is 15.8 Å². The molecule has 0 aliphatic heterocycles. The molecule has 0 bridgehead atoms. The number of furan rings is 1. The summed E-state index contributed by atoms with van der Waals surface area (Å²) >= 11 is 0. The maximum atomic E-state index is 10.8. The first-order valence-corrected chi connectivity index (χ1v) is 7.06. The Labute approximate surface area is 99.5 Å². The number of carboxylic acids is 1. The number of carbonyl (C=O) groups is 1. The van der Waals surface area contributed by atoms with E-state index in [9.17, 15) is 13.2 Å². The zero-order valence-corrected chi connectivity index (χ0v) is 10.5. The van der Waals surface area contributed by atoms with Crippen LogP contribution in [-0.4, -0.2) is 38.0 Å². The van der Waals surface area contributed by atoms with Crippen LogP contribution >= 0.6 is 0 Å². The molecule has 1 aromatic heterocycles. The average molecular weight is 261 g/mol. The summed E-state index contributed by atoms with van der Waals surface area (Å²) in [6.45, 7) is 2.26. The standard InChI is InChI=1S/C10H15NO5S/c1-7-5-8(16-9(7)10(12)13)6-11-3-4-17(2,14)15/h5,11H,3-4,6H2,1-2H3,(H,12,13). The molecule has 0 spiro atoms. The average Bonchev–Trinajstić information content (AvgIpc) is 2.53. The van der Waals surface area contributed by atoms with E-state index in [0.717, 1.165) is 6.26 Å². The fourth-order valence-corrected chi connectivity index (χ4v) is 1.83. The topological polar surface area (TPSA) is 96.6 Å². The van der Waals surface area contributed by atoms with E-state index >= 15 is 0 Å². The minimum Gasteiger partial charge on any atom is -0.475 e. The normalized spacial score (nSPS) is 11.6. The van der Waals surface area contributed by atoms with Crippen LogP contribution in [0.1, 0.15) is 21.9 Å². The molecule has 0 aromatic carbocycles. The molecule has 1 aromatic rings. The van der Waals surface area contributed by atoms with E-state index in [2.05, 4.69) is 5.32 Å². The summed E-state index contributed by atoms with van der Waals surface area (Å²) in [6.07, 6.45) is 1.16. The summed E-state index contributed by atoms with van der Waals surface area (Å²) < 4.78 is 26.8. The van der Waals surface area contributed by atoms with Gasteiger partial charge in [0.25, 0.3) is 0 Å². The molecule has 0 saturated carbocycles. The molecule has 0 amide bonds. The highest BCUT2D eigenvalue weighted by atomic mass is 32.2. The Bertz CT molecular complexity index is 503. The van der Waals surface area contributed by atoms with Crippen LogP contribution in [0.4, 0.5) is 0 Å². The van der Waals surface area contributed by atoms with Gasteiger partial charge in [-0.15, -0.1) is 0 Å². The Morgan fingerprint density at radius 3 is 2.65 bits per heavy atom. The Balaban J connectivity index is 2.48. The number of aryl methyl sites for hydroxylation is 1. The van der Waals surface area contributed by atoms with Gasteiger partial charge in [0.15, 0.2) is 0 Å². The van der Waals surface area contributed by atoms with Gasteiger partial charge >= 0.3 is 5.97 Å². The molecule has 0 fully saturated rings. The molecule has 0 aliphatic rings. The maximum Gasteiger partial charge on any atom is 0.372 e. The minimum absolute atomic E-state index is 0.0402. The lowest BCUT2D eigenvalue weighted by molar-refractivity contribution is 0.0659. The minimum atomic E-state index is -2.98. The highest BCUT2D eigenvalue weighted by Crippen LogP contribution is 2.14. The van der Waals surface area contributed by atoms with E-state index in [4.69, 9.17) is 9.52 Å². The molecule has 6 nitrogen and oxygen atoms in total. The van der Waals surface area contributed by atoms with Crippen molar-refractivity contribution < 1.29 is 22.7 Å². The molecule has 17 heavy (non-hydrogen) atoms. The zero-order chi connectivity index (χ0) is 13.1. The molecule has 0 saturated heterocycles. The highest BCUT2D eigenvalue weighted by molar-refractivity contribution is 7.90. The number of rotatable bonds is 6. The van der Waals surface area contributed by atoms with Crippen LogP contribution in [0.25, 0.3) is 0 Å². The van der Waals surface area contributed by atoms with Crippen molar-refractivity contribution in [3.05, 3.63) is 23.2 Å². The van der Waals surface area contributed by atoms with Gasteiger partial charge < -0.3 is 14.8 Å². The number of sulfone groups is 1. The van der Waals surface area contributed by atoms with Gasteiger partial charge in [-0.05, 0) is 13.0 Å². The number of carboxylic acid groups (broad SMARTS) is 1. The van der Waals surface area contributed by atoms with Crippen molar-refractivity contribution in [1.29, 1.82) is 0 Å². The van der Waals surface area contributed by atoms with Crippen LogP contribution in [-0.2, 0) is 16.4 Å². The van der Waals surface area contributed by atoms with Gasteiger partial charge in [0, 0.05) is 18.4 Å². The predicted octanol–water partition coefficient (Wildman–Crippen LogP) is 0.420. The van der Waals surface area contributed by atoms with Crippen LogP contribution in [0.2, 0.25) is 0 Å². The van der Waals surface area contributed by atoms with E-state index in [0.29, 0.717) is 24.4 Å². The largest absolute Gasteiger partial charge is 0.475 e. The summed E-state index contributed by atoms with van der Waals surface area (Å²) in [5.41, 5.74) is 0.553. The van der Waals surface area contributed by atoms with Gasteiger partial charge in [0.2, 0.25) is 5.76 Å². The van der Waals surface area contributed by atoms with Crippen LogP contribution in [0.15, 0.2) is 10.5 Å². The van der Waals surface area contributed by atoms with Gasteiger partial charge in [-0.25, -0.2) is 13.2 Å². The third-order valence-electron chi connectivity index (χ3n) is 2.11. The Morgan fingerprint density at radius 1 is 1.53 bits per heavy atom. The van der Waals surface area contributed by atoms with Crippen molar-refractivity contribution in [2.45, 2.75) is 13.5 Å². The molecular formula is C10H15NO5S. The molecule has 7 heteroatoms. The smallest absolute Gasteiger partial charge is 0.372 e. The van der Waals surface area contributed by atoms with Crippen LogP contribution in [0.5, 0.6) is 0 Å². The van der Waals surface area contributed by atoms with Crippen LogP contribution < -0.4 is 5.32 Å². The fraction of sp³-hybridized carbons (Fsp3) is 0.500. The van der Waals surface area contributed by atoms with Gasteiger partial charge in [-0.3, -0.25) is 0 Å². The Kier molecular flexibility index (Phi) is 4.30. The first kappa shape index (κ1) is 13.7. The zero-order valence-electron chi connectivity index (χ0n) is 9.69. The monoisotopic (exact) mass is 261 g/mol. The van der Waals surface area contributed by atoms with Crippen molar-refractivity contribution in [3.8, 4) is 0 Å². The van der Waals surface area contributed by atoms with Crippen molar-refractivity contribution in [3.63, 3.8) is 0 Å². The second-order valence-corrected chi connectivity index (χ2v) is 6.10. The number of nitrogens with one attached hydrogen (secondary N) is 1. The van der Waals surface area contributed by atoms with E-state index in [1.807, 2.05) is 0 Å².